The zero-order valence-corrected chi connectivity index (χ0v) is 25.9. The number of allylic oxidation sites excluding steroid dienone is 2. The number of carbonyl (C=O) groups excluding carboxylic acids is 2. The maximum atomic E-state index is 13.9. The number of anilines is 3. The Kier molecular flexibility index (Phi) is 9.37. The molecule has 0 unspecified atom stereocenters. The number of hydrogen-bond acceptors (Lipinski definition) is 6. The first-order valence-electron chi connectivity index (χ1n) is 15.4. The van der Waals surface area contributed by atoms with Gasteiger partial charge in [-0.05, 0) is 117 Å². The zero-order chi connectivity index (χ0) is 31.5. The Balaban J connectivity index is 1.33. The Morgan fingerprint density at radius 1 is 1.00 bits per heavy atom. The van der Waals surface area contributed by atoms with Gasteiger partial charge in [-0.2, -0.15) is 0 Å². The molecule has 7 heteroatoms. The molecule has 2 amide bonds. The van der Waals surface area contributed by atoms with Crippen LogP contribution in [0.5, 0.6) is 5.75 Å². The van der Waals surface area contributed by atoms with E-state index in [1.54, 1.807) is 12.1 Å². The molecule has 4 N–H and O–H groups in total. The lowest BCUT2D eigenvalue weighted by atomic mass is 9.67. The van der Waals surface area contributed by atoms with Gasteiger partial charge in [0.05, 0.1) is 30.2 Å². The maximum absolute atomic E-state index is 13.9. The number of aliphatic hydroxyl groups excluding tert-OH is 2. The summed E-state index contributed by atoms with van der Waals surface area (Å²) in [7, 11) is 0. The molecule has 4 atom stereocenters. The number of aliphatic hydroxyl groups is 2. The summed E-state index contributed by atoms with van der Waals surface area (Å²) in [4.78, 5) is 28.8. The average Bonchev–Trinajstić information content (AvgIpc) is 3.27. The third kappa shape index (κ3) is 6.21. The number of nitrogens with one attached hydrogen (secondary N) is 1. The average molecular weight is 595 g/mol. The molecule has 1 saturated heterocycles. The molecule has 5 rings (SSSR count). The van der Waals surface area contributed by atoms with Gasteiger partial charge < -0.3 is 20.6 Å². The molecule has 1 heterocycles. The molecule has 2 aliphatic rings. The van der Waals surface area contributed by atoms with Gasteiger partial charge in [0.15, 0.2) is 0 Å². The molecule has 230 valence electrons. The Bertz CT molecular complexity index is 1570. The molecule has 0 bridgehead atoms. The molecule has 0 spiro atoms. The van der Waals surface area contributed by atoms with Crippen LogP contribution < -0.4 is 10.2 Å². The van der Waals surface area contributed by atoms with Crippen LogP contribution in [0.3, 0.4) is 0 Å². The number of benzene rings is 3. The van der Waals surface area contributed by atoms with E-state index in [1.165, 1.54) is 4.90 Å². The van der Waals surface area contributed by atoms with Crippen molar-refractivity contribution in [2.75, 3.05) is 16.8 Å². The summed E-state index contributed by atoms with van der Waals surface area (Å²) in [6.07, 6.45) is 3.31. The van der Waals surface area contributed by atoms with Crippen molar-refractivity contribution in [2.45, 2.75) is 59.5 Å². The number of nitrogens with zero attached hydrogens (tertiary/aromatic N) is 1. The molecule has 7 nitrogen and oxygen atoms in total. The number of carbonyl (C=O) groups is 2. The maximum Gasteiger partial charge on any atom is 0.238 e. The van der Waals surface area contributed by atoms with Gasteiger partial charge in [-0.3, -0.25) is 14.5 Å². The first-order chi connectivity index (χ1) is 21.1. The molecule has 0 saturated carbocycles. The molecular weight excluding hydrogens is 552 g/mol. The third-order valence-corrected chi connectivity index (χ3v) is 9.09. The SMILES string of the molecule is CCC1=C([C@H](O)CC/C(C)=C/c2cc(C)c(O)c(C)c2)[C@H](CO)[C@@H]2C(=O)N(c3ccc(Nc4ccccc4)cc3)C(=O)[C@@H]2C1. The predicted molar refractivity (Wildman–Crippen MR) is 175 cm³/mol. The molecule has 0 radical (unpaired) electrons. The third-order valence-electron chi connectivity index (χ3n) is 9.09. The molecule has 3 aromatic rings. The Labute approximate surface area is 259 Å². The van der Waals surface area contributed by atoms with E-state index in [2.05, 4.69) is 11.4 Å². The minimum absolute atomic E-state index is 0.250. The van der Waals surface area contributed by atoms with Crippen molar-refractivity contribution in [3.63, 3.8) is 0 Å². The lowest BCUT2D eigenvalue weighted by Crippen LogP contribution is -2.39. The van der Waals surface area contributed by atoms with Crippen molar-refractivity contribution in [3.8, 4) is 5.75 Å². The van der Waals surface area contributed by atoms with Gasteiger partial charge in [0.2, 0.25) is 11.8 Å². The van der Waals surface area contributed by atoms with Crippen LogP contribution in [0.25, 0.3) is 6.08 Å². The number of phenols is 1. The smallest absolute Gasteiger partial charge is 0.238 e. The summed E-state index contributed by atoms with van der Waals surface area (Å²) >= 11 is 0. The van der Waals surface area contributed by atoms with Crippen molar-refractivity contribution in [1.82, 2.24) is 0 Å². The van der Waals surface area contributed by atoms with E-state index in [-0.39, 0.29) is 18.4 Å². The van der Waals surface area contributed by atoms with Crippen LogP contribution in [0.15, 0.2) is 83.4 Å². The molecule has 1 fully saturated rings. The summed E-state index contributed by atoms with van der Waals surface area (Å²) in [5, 5.41) is 35.5. The number of rotatable bonds is 10. The normalized spacial score (nSPS) is 21.1. The summed E-state index contributed by atoms with van der Waals surface area (Å²) in [6, 6.07) is 20.8. The zero-order valence-electron chi connectivity index (χ0n) is 25.9. The number of aromatic hydroxyl groups is 1. The van der Waals surface area contributed by atoms with Crippen LogP contribution in [-0.4, -0.2) is 39.8 Å². The van der Waals surface area contributed by atoms with E-state index < -0.39 is 23.9 Å². The van der Waals surface area contributed by atoms with Gasteiger partial charge in [0.1, 0.15) is 5.75 Å². The van der Waals surface area contributed by atoms with Gasteiger partial charge >= 0.3 is 0 Å². The number of hydrogen-bond donors (Lipinski definition) is 4. The van der Waals surface area contributed by atoms with Crippen molar-refractivity contribution in [1.29, 1.82) is 0 Å². The highest BCUT2D eigenvalue weighted by Gasteiger charge is 2.55. The second-order valence-electron chi connectivity index (χ2n) is 12.1. The van der Waals surface area contributed by atoms with Crippen LogP contribution in [-0.2, 0) is 9.59 Å². The molecule has 3 aromatic carbocycles. The molecule has 1 aliphatic heterocycles. The van der Waals surface area contributed by atoms with Crippen molar-refractivity contribution in [2.24, 2.45) is 17.8 Å². The molecule has 1 aliphatic carbocycles. The second kappa shape index (κ2) is 13.2. The van der Waals surface area contributed by atoms with Crippen molar-refractivity contribution >= 4 is 35.0 Å². The van der Waals surface area contributed by atoms with Crippen LogP contribution >= 0.6 is 0 Å². The number of phenolic OH excluding ortho intramolecular Hbond substituents is 1. The van der Waals surface area contributed by atoms with Crippen LogP contribution in [0.4, 0.5) is 17.1 Å². The molecule has 44 heavy (non-hydrogen) atoms. The molecular formula is C37H42N2O5. The largest absolute Gasteiger partial charge is 0.507 e. The van der Waals surface area contributed by atoms with Crippen molar-refractivity contribution in [3.05, 3.63) is 100 Å². The highest BCUT2D eigenvalue weighted by Crippen LogP contribution is 2.48. The summed E-state index contributed by atoms with van der Waals surface area (Å²) in [6.45, 7) is 7.44. The van der Waals surface area contributed by atoms with E-state index in [0.717, 1.165) is 39.2 Å². The quantitative estimate of drug-likeness (QED) is 0.151. The number of para-hydroxylation sites is 1. The monoisotopic (exact) mass is 594 g/mol. The number of imide groups is 1. The fraction of sp³-hybridized carbons (Fsp3) is 0.351. The van der Waals surface area contributed by atoms with Crippen LogP contribution in [0, 0.1) is 31.6 Å². The number of fused-ring (bicyclic) bond motifs is 1. The van der Waals surface area contributed by atoms with Gasteiger partial charge in [-0.15, -0.1) is 0 Å². The lowest BCUT2D eigenvalue weighted by molar-refractivity contribution is -0.123. The van der Waals surface area contributed by atoms with Crippen LogP contribution in [0.2, 0.25) is 0 Å². The Hall–Kier alpha value is -4.20. The lowest BCUT2D eigenvalue weighted by Gasteiger charge is -2.36. The van der Waals surface area contributed by atoms with E-state index in [4.69, 9.17) is 0 Å². The van der Waals surface area contributed by atoms with Crippen molar-refractivity contribution < 1.29 is 24.9 Å². The Morgan fingerprint density at radius 2 is 1.64 bits per heavy atom. The topological polar surface area (TPSA) is 110 Å². The highest BCUT2D eigenvalue weighted by atomic mass is 16.3. The first-order valence-corrected chi connectivity index (χ1v) is 15.4. The first kappa shape index (κ1) is 31.2. The Morgan fingerprint density at radius 3 is 2.25 bits per heavy atom. The second-order valence-corrected chi connectivity index (χ2v) is 12.1. The van der Waals surface area contributed by atoms with Gasteiger partial charge in [0, 0.05) is 17.3 Å². The number of aryl methyl sites for hydroxylation is 2. The number of amides is 2. The summed E-state index contributed by atoms with van der Waals surface area (Å²) in [5.41, 5.74) is 7.64. The summed E-state index contributed by atoms with van der Waals surface area (Å²) < 4.78 is 0. The van der Waals surface area contributed by atoms with E-state index in [1.807, 2.05) is 82.3 Å². The van der Waals surface area contributed by atoms with Gasteiger partial charge in [0.25, 0.3) is 0 Å². The van der Waals surface area contributed by atoms with E-state index in [0.29, 0.717) is 42.7 Å². The van der Waals surface area contributed by atoms with Gasteiger partial charge in [-0.1, -0.05) is 42.3 Å². The highest BCUT2D eigenvalue weighted by molar-refractivity contribution is 6.22. The van der Waals surface area contributed by atoms with E-state index >= 15 is 0 Å². The minimum Gasteiger partial charge on any atom is -0.507 e. The standard InChI is InChI=1S/C37H42N2O5/c1-5-26-20-30-34(37(44)39(36(30)43)29-14-12-28(13-15-29)38-27-9-7-6-8-10-27)31(21-40)33(26)32(41)16-11-22(2)17-25-18-23(3)35(42)24(4)19-25/h6-10,12-15,17-19,30-32,34,38,40-42H,5,11,16,20-21H2,1-4H3/b22-17+/t30-,31+,32-,34-/m1/s1. The minimum atomic E-state index is -0.838. The molecule has 0 aromatic heterocycles. The summed E-state index contributed by atoms with van der Waals surface area (Å²) in [5.74, 6) is -2.16. The van der Waals surface area contributed by atoms with E-state index in [9.17, 15) is 24.9 Å². The van der Waals surface area contributed by atoms with Crippen LogP contribution in [0.1, 0.15) is 56.2 Å². The fourth-order valence-electron chi connectivity index (χ4n) is 6.88. The fourth-order valence-corrected chi connectivity index (χ4v) is 6.88. The van der Waals surface area contributed by atoms with Gasteiger partial charge in [-0.25, -0.2) is 0 Å². The predicted octanol–water partition coefficient (Wildman–Crippen LogP) is 6.82.